The zero-order valence-electron chi connectivity index (χ0n) is 9.33. The summed E-state index contributed by atoms with van der Waals surface area (Å²) in [4.78, 5) is 0. The van der Waals surface area contributed by atoms with Crippen LogP contribution in [0.2, 0.25) is 0 Å². The molecule has 0 aliphatic rings. The second kappa shape index (κ2) is 8.73. The maximum Gasteiger partial charge on any atom is 0.0319 e. The molecule has 0 aliphatic carbocycles. The van der Waals surface area contributed by atoms with Gasteiger partial charge in [0.05, 0.1) is 0 Å². The zero-order chi connectivity index (χ0) is 10.8. The normalized spacial score (nSPS) is 9.50. The molecule has 0 fully saturated rings. The second-order valence-corrected chi connectivity index (χ2v) is 3.51. The number of rotatable bonds is 4. The molecule has 0 bridgehead atoms. The van der Waals surface area contributed by atoms with Crippen molar-refractivity contribution in [1.82, 2.24) is 5.32 Å². The van der Waals surface area contributed by atoms with Crippen LogP contribution < -0.4 is 5.32 Å². The molecule has 80 valence electrons. The first kappa shape index (κ1) is 13.1. The van der Waals surface area contributed by atoms with Gasteiger partial charge in [-0.15, -0.1) is 0 Å². The van der Waals surface area contributed by atoms with Gasteiger partial charge in [0.1, 0.15) is 0 Å². The van der Waals surface area contributed by atoms with Gasteiger partial charge in [0.15, 0.2) is 0 Å². The second-order valence-electron chi connectivity index (χ2n) is 3.51. The van der Waals surface area contributed by atoms with Gasteiger partial charge in [-0.1, -0.05) is 44.2 Å². The van der Waals surface area contributed by atoms with Crippen LogP contribution in [0, 0.1) is 5.92 Å². The van der Waals surface area contributed by atoms with Crippen molar-refractivity contribution in [3.63, 3.8) is 0 Å². The Hall–Kier alpha value is -0.860. The summed E-state index contributed by atoms with van der Waals surface area (Å²) in [6.07, 6.45) is 0. The van der Waals surface area contributed by atoms with E-state index in [9.17, 15) is 0 Å². The fourth-order valence-electron chi connectivity index (χ4n) is 1.10. The molecule has 0 aromatic heterocycles. The minimum Gasteiger partial charge on any atom is -0.400 e. The van der Waals surface area contributed by atoms with E-state index in [1.165, 1.54) is 5.56 Å². The van der Waals surface area contributed by atoms with Crippen LogP contribution in [-0.4, -0.2) is 18.8 Å². The van der Waals surface area contributed by atoms with Crippen LogP contribution in [0.4, 0.5) is 0 Å². The lowest BCUT2D eigenvalue weighted by Gasteiger charge is -2.06. The molecule has 1 rings (SSSR count). The molecule has 2 heteroatoms. The van der Waals surface area contributed by atoms with E-state index in [0.717, 1.165) is 26.1 Å². The summed E-state index contributed by atoms with van der Waals surface area (Å²) in [5, 5.41) is 10.4. The number of aliphatic hydroxyl groups excluding tert-OH is 1. The van der Waals surface area contributed by atoms with E-state index in [2.05, 4.69) is 43.4 Å². The highest BCUT2D eigenvalue weighted by Crippen LogP contribution is 1.97. The third-order valence-corrected chi connectivity index (χ3v) is 1.72. The minimum absolute atomic E-state index is 0.730. The standard InChI is InChI=1S/C11H17N.CH4O/c1-10(2)8-12-9-11-6-4-3-5-7-11;1-2/h3-7,10,12H,8-9H2,1-2H3;2H,1H3. The van der Waals surface area contributed by atoms with Gasteiger partial charge in [0.2, 0.25) is 0 Å². The van der Waals surface area contributed by atoms with E-state index >= 15 is 0 Å². The first-order valence-corrected chi connectivity index (χ1v) is 4.98. The largest absolute Gasteiger partial charge is 0.400 e. The number of aliphatic hydroxyl groups is 1. The molecular formula is C12H21NO. The monoisotopic (exact) mass is 195 g/mol. The molecule has 14 heavy (non-hydrogen) atoms. The van der Waals surface area contributed by atoms with Crippen LogP contribution in [0.15, 0.2) is 30.3 Å². The Balaban J connectivity index is 0.000000791. The molecule has 0 radical (unpaired) electrons. The van der Waals surface area contributed by atoms with Gasteiger partial charge in [-0.05, 0) is 18.0 Å². The van der Waals surface area contributed by atoms with E-state index in [0.29, 0.717) is 0 Å². The van der Waals surface area contributed by atoms with Crippen molar-refractivity contribution >= 4 is 0 Å². The van der Waals surface area contributed by atoms with E-state index in [-0.39, 0.29) is 0 Å². The molecule has 0 spiro atoms. The summed E-state index contributed by atoms with van der Waals surface area (Å²) in [6, 6.07) is 10.5. The quantitative estimate of drug-likeness (QED) is 0.770. The van der Waals surface area contributed by atoms with Crippen molar-refractivity contribution in [3.05, 3.63) is 35.9 Å². The summed E-state index contributed by atoms with van der Waals surface area (Å²) in [6.45, 7) is 6.52. The highest BCUT2D eigenvalue weighted by atomic mass is 16.2. The molecule has 1 aromatic rings. The van der Waals surface area contributed by atoms with Gasteiger partial charge in [0, 0.05) is 13.7 Å². The minimum atomic E-state index is 0.730. The van der Waals surface area contributed by atoms with Crippen LogP contribution in [-0.2, 0) is 6.54 Å². The average Bonchev–Trinajstić information content (AvgIpc) is 2.22. The van der Waals surface area contributed by atoms with Gasteiger partial charge in [-0.2, -0.15) is 0 Å². The van der Waals surface area contributed by atoms with Gasteiger partial charge >= 0.3 is 0 Å². The summed E-state index contributed by atoms with van der Waals surface area (Å²) < 4.78 is 0. The van der Waals surface area contributed by atoms with Crippen LogP contribution in [0.3, 0.4) is 0 Å². The summed E-state index contributed by atoms with van der Waals surface area (Å²) in [5.41, 5.74) is 1.36. The molecule has 0 atom stereocenters. The van der Waals surface area contributed by atoms with Crippen molar-refractivity contribution in [1.29, 1.82) is 0 Å². The molecule has 0 saturated heterocycles. The Kier molecular flexibility index (Phi) is 8.19. The van der Waals surface area contributed by atoms with Crippen LogP contribution >= 0.6 is 0 Å². The lowest BCUT2D eigenvalue weighted by molar-refractivity contribution is 0.399. The summed E-state index contributed by atoms with van der Waals surface area (Å²) >= 11 is 0. The fourth-order valence-corrected chi connectivity index (χ4v) is 1.10. The maximum absolute atomic E-state index is 7.00. The van der Waals surface area contributed by atoms with Crippen molar-refractivity contribution in [2.45, 2.75) is 20.4 Å². The van der Waals surface area contributed by atoms with E-state index < -0.39 is 0 Å². The Labute approximate surface area is 87.0 Å². The summed E-state index contributed by atoms with van der Waals surface area (Å²) in [5.74, 6) is 0.730. The molecule has 2 N–H and O–H groups in total. The van der Waals surface area contributed by atoms with Crippen LogP contribution in [0.5, 0.6) is 0 Å². The smallest absolute Gasteiger partial charge is 0.0319 e. The van der Waals surface area contributed by atoms with Crippen LogP contribution in [0.25, 0.3) is 0 Å². The first-order valence-electron chi connectivity index (χ1n) is 4.98. The third kappa shape index (κ3) is 6.63. The number of hydrogen-bond donors (Lipinski definition) is 2. The van der Waals surface area contributed by atoms with E-state index in [1.807, 2.05) is 6.07 Å². The molecule has 0 saturated carbocycles. The Morgan fingerprint density at radius 3 is 2.21 bits per heavy atom. The highest BCUT2D eigenvalue weighted by molar-refractivity contribution is 5.14. The molecule has 0 heterocycles. The molecule has 0 amide bonds. The Morgan fingerprint density at radius 2 is 1.71 bits per heavy atom. The van der Waals surface area contributed by atoms with Gasteiger partial charge in [-0.3, -0.25) is 0 Å². The van der Waals surface area contributed by atoms with Crippen molar-refractivity contribution < 1.29 is 5.11 Å². The molecular weight excluding hydrogens is 174 g/mol. The van der Waals surface area contributed by atoms with Crippen molar-refractivity contribution in [2.24, 2.45) is 5.92 Å². The lowest BCUT2D eigenvalue weighted by Crippen LogP contribution is -2.18. The Bertz CT molecular complexity index is 209. The Morgan fingerprint density at radius 1 is 1.14 bits per heavy atom. The van der Waals surface area contributed by atoms with E-state index in [1.54, 1.807) is 0 Å². The topological polar surface area (TPSA) is 32.3 Å². The lowest BCUT2D eigenvalue weighted by atomic mass is 10.2. The number of hydrogen-bond acceptors (Lipinski definition) is 2. The molecule has 0 aliphatic heterocycles. The molecule has 1 aromatic carbocycles. The fraction of sp³-hybridized carbons (Fsp3) is 0.500. The zero-order valence-corrected chi connectivity index (χ0v) is 9.33. The van der Waals surface area contributed by atoms with Crippen LogP contribution in [0.1, 0.15) is 19.4 Å². The molecule has 0 unspecified atom stereocenters. The first-order chi connectivity index (χ1) is 6.79. The van der Waals surface area contributed by atoms with Crippen molar-refractivity contribution in [3.8, 4) is 0 Å². The van der Waals surface area contributed by atoms with Crippen molar-refractivity contribution in [2.75, 3.05) is 13.7 Å². The predicted octanol–water partition coefficient (Wildman–Crippen LogP) is 2.04. The molecule has 2 nitrogen and oxygen atoms in total. The van der Waals surface area contributed by atoms with E-state index in [4.69, 9.17) is 5.11 Å². The SMILES string of the molecule is CC(C)CNCc1ccccc1.CO. The highest BCUT2D eigenvalue weighted by Gasteiger charge is 1.93. The maximum atomic E-state index is 7.00. The average molecular weight is 195 g/mol. The van der Waals surface area contributed by atoms with Gasteiger partial charge in [0.25, 0.3) is 0 Å². The number of benzene rings is 1. The van der Waals surface area contributed by atoms with Gasteiger partial charge < -0.3 is 10.4 Å². The third-order valence-electron chi connectivity index (χ3n) is 1.72. The summed E-state index contributed by atoms with van der Waals surface area (Å²) in [7, 11) is 1.00. The number of nitrogens with one attached hydrogen (secondary N) is 1. The predicted molar refractivity (Wildman–Crippen MR) is 61.1 cm³/mol. The van der Waals surface area contributed by atoms with Gasteiger partial charge in [-0.25, -0.2) is 0 Å².